The Hall–Kier alpha value is -2.82. The SMILES string of the molecule is COC(=O)c1ccccc1OCC(=O)Nc1ccc(C(C)(C)C)cc1. The monoisotopic (exact) mass is 341 g/mol. The molecular formula is C20H23NO4. The molecule has 0 fully saturated rings. The van der Waals surface area contributed by atoms with Crippen molar-refractivity contribution in [2.75, 3.05) is 19.0 Å². The normalized spacial score (nSPS) is 10.9. The van der Waals surface area contributed by atoms with Gasteiger partial charge in [0.05, 0.1) is 7.11 Å². The highest BCUT2D eigenvalue weighted by Gasteiger charge is 2.15. The third kappa shape index (κ3) is 5.08. The molecule has 0 aromatic heterocycles. The van der Waals surface area contributed by atoms with Crippen molar-refractivity contribution in [1.29, 1.82) is 0 Å². The molecule has 0 aliphatic rings. The molecule has 0 saturated carbocycles. The van der Waals surface area contributed by atoms with E-state index in [0.29, 0.717) is 11.4 Å². The van der Waals surface area contributed by atoms with Crippen LogP contribution in [0.25, 0.3) is 0 Å². The molecule has 5 heteroatoms. The largest absolute Gasteiger partial charge is 0.483 e. The Morgan fingerprint density at radius 3 is 2.24 bits per heavy atom. The van der Waals surface area contributed by atoms with E-state index in [0.717, 1.165) is 0 Å². The molecule has 0 spiro atoms. The van der Waals surface area contributed by atoms with Gasteiger partial charge in [0.2, 0.25) is 0 Å². The van der Waals surface area contributed by atoms with Crippen molar-refractivity contribution < 1.29 is 19.1 Å². The van der Waals surface area contributed by atoms with Gasteiger partial charge in [0, 0.05) is 5.69 Å². The number of nitrogens with one attached hydrogen (secondary N) is 1. The molecule has 0 bridgehead atoms. The third-order valence-electron chi connectivity index (χ3n) is 3.69. The molecule has 25 heavy (non-hydrogen) atoms. The van der Waals surface area contributed by atoms with Crippen LogP contribution in [0.1, 0.15) is 36.7 Å². The summed E-state index contributed by atoms with van der Waals surface area (Å²) in [5.41, 5.74) is 2.23. The van der Waals surface area contributed by atoms with Gasteiger partial charge in [0.1, 0.15) is 11.3 Å². The molecule has 2 rings (SSSR count). The van der Waals surface area contributed by atoms with Crippen molar-refractivity contribution in [2.24, 2.45) is 0 Å². The fourth-order valence-electron chi connectivity index (χ4n) is 2.27. The number of carbonyl (C=O) groups is 2. The van der Waals surface area contributed by atoms with Gasteiger partial charge < -0.3 is 14.8 Å². The summed E-state index contributed by atoms with van der Waals surface area (Å²) in [6.07, 6.45) is 0. The highest BCUT2D eigenvalue weighted by molar-refractivity contribution is 5.94. The summed E-state index contributed by atoms with van der Waals surface area (Å²) in [5.74, 6) is -0.496. The van der Waals surface area contributed by atoms with Gasteiger partial charge in [-0.25, -0.2) is 4.79 Å². The Labute approximate surface area is 148 Å². The number of ether oxygens (including phenoxy) is 2. The molecule has 0 radical (unpaired) electrons. The molecule has 1 amide bonds. The van der Waals surface area contributed by atoms with E-state index < -0.39 is 5.97 Å². The molecule has 2 aromatic carbocycles. The average Bonchev–Trinajstić information content (AvgIpc) is 2.59. The van der Waals surface area contributed by atoms with Crippen molar-refractivity contribution in [2.45, 2.75) is 26.2 Å². The summed E-state index contributed by atoms with van der Waals surface area (Å²) in [7, 11) is 1.30. The maximum Gasteiger partial charge on any atom is 0.341 e. The first-order valence-corrected chi connectivity index (χ1v) is 8.02. The van der Waals surface area contributed by atoms with Crippen LogP contribution >= 0.6 is 0 Å². The number of amides is 1. The topological polar surface area (TPSA) is 64.6 Å². The van der Waals surface area contributed by atoms with Crippen LogP contribution in [0, 0.1) is 0 Å². The zero-order valence-corrected chi connectivity index (χ0v) is 15.0. The minimum absolute atomic E-state index is 0.0588. The lowest BCUT2D eigenvalue weighted by Crippen LogP contribution is -2.21. The first kappa shape index (κ1) is 18.5. The standard InChI is InChI=1S/C20H23NO4/c1-20(2,3)14-9-11-15(12-10-14)21-18(22)13-25-17-8-6-5-7-16(17)19(23)24-4/h5-12H,13H2,1-4H3,(H,21,22). The van der Waals surface area contributed by atoms with Gasteiger partial charge in [0.25, 0.3) is 5.91 Å². The maximum atomic E-state index is 12.1. The molecule has 0 unspecified atom stereocenters. The van der Waals surface area contributed by atoms with Gasteiger partial charge in [0.15, 0.2) is 6.61 Å². The second-order valence-corrected chi connectivity index (χ2v) is 6.65. The van der Waals surface area contributed by atoms with Crippen LogP contribution < -0.4 is 10.1 Å². The van der Waals surface area contributed by atoms with Gasteiger partial charge in [-0.2, -0.15) is 0 Å². The fourth-order valence-corrected chi connectivity index (χ4v) is 2.27. The van der Waals surface area contributed by atoms with Crippen molar-refractivity contribution in [3.63, 3.8) is 0 Å². The molecule has 0 saturated heterocycles. The van der Waals surface area contributed by atoms with Crippen LogP contribution in [0.3, 0.4) is 0 Å². The van der Waals surface area contributed by atoms with E-state index in [9.17, 15) is 9.59 Å². The van der Waals surface area contributed by atoms with Crippen LogP contribution in [0.2, 0.25) is 0 Å². The predicted molar refractivity (Wildman–Crippen MR) is 97.0 cm³/mol. The van der Waals surface area contributed by atoms with E-state index in [4.69, 9.17) is 9.47 Å². The number of methoxy groups -OCH3 is 1. The highest BCUT2D eigenvalue weighted by atomic mass is 16.5. The van der Waals surface area contributed by atoms with Crippen molar-refractivity contribution in [1.82, 2.24) is 0 Å². The second kappa shape index (κ2) is 7.83. The number of anilines is 1. The van der Waals surface area contributed by atoms with Gasteiger partial charge >= 0.3 is 5.97 Å². The smallest absolute Gasteiger partial charge is 0.341 e. The van der Waals surface area contributed by atoms with Crippen LogP contribution in [-0.2, 0) is 14.9 Å². The number of hydrogen-bond acceptors (Lipinski definition) is 4. The highest BCUT2D eigenvalue weighted by Crippen LogP contribution is 2.23. The second-order valence-electron chi connectivity index (χ2n) is 6.65. The number of para-hydroxylation sites is 1. The van der Waals surface area contributed by atoms with Gasteiger partial charge in [-0.15, -0.1) is 0 Å². The van der Waals surface area contributed by atoms with Crippen LogP contribution in [0.4, 0.5) is 5.69 Å². The molecule has 1 N–H and O–H groups in total. The van der Waals surface area contributed by atoms with E-state index in [1.807, 2.05) is 24.3 Å². The Morgan fingerprint density at radius 1 is 1.00 bits per heavy atom. The summed E-state index contributed by atoms with van der Waals surface area (Å²) in [4.78, 5) is 23.7. The maximum absolute atomic E-state index is 12.1. The first-order chi connectivity index (χ1) is 11.8. The molecule has 5 nitrogen and oxygen atoms in total. The van der Waals surface area contributed by atoms with Crippen molar-refractivity contribution >= 4 is 17.6 Å². The lowest BCUT2D eigenvalue weighted by molar-refractivity contribution is -0.118. The van der Waals surface area contributed by atoms with Crippen LogP contribution in [0.15, 0.2) is 48.5 Å². The van der Waals surface area contributed by atoms with Crippen molar-refractivity contribution in [3.05, 3.63) is 59.7 Å². The first-order valence-electron chi connectivity index (χ1n) is 8.02. The number of hydrogen-bond donors (Lipinski definition) is 1. The predicted octanol–water partition coefficient (Wildman–Crippen LogP) is 3.79. The Morgan fingerprint density at radius 2 is 1.64 bits per heavy atom. The molecular weight excluding hydrogens is 318 g/mol. The molecule has 2 aromatic rings. The summed E-state index contributed by atoms with van der Waals surface area (Å²) < 4.78 is 10.2. The lowest BCUT2D eigenvalue weighted by atomic mass is 9.87. The zero-order valence-electron chi connectivity index (χ0n) is 15.0. The number of rotatable bonds is 5. The lowest BCUT2D eigenvalue weighted by Gasteiger charge is -2.19. The zero-order chi connectivity index (χ0) is 18.4. The fraction of sp³-hybridized carbons (Fsp3) is 0.300. The van der Waals surface area contributed by atoms with Crippen LogP contribution in [0.5, 0.6) is 5.75 Å². The van der Waals surface area contributed by atoms with E-state index in [1.165, 1.54) is 12.7 Å². The minimum Gasteiger partial charge on any atom is -0.483 e. The molecule has 0 atom stereocenters. The quantitative estimate of drug-likeness (QED) is 0.841. The summed E-state index contributed by atoms with van der Waals surface area (Å²) in [5, 5.41) is 2.77. The number of carbonyl (C=O) groups excluding carboxylic acids is 2. The van der Waals surface area contributed by atoms with E-state index in [-0.39, 0.29) is 23.5 Å². The summed E-state index contributed by atoms with van der Waals surface area (Å²) in [6, 6.07) is 14.3. The van der Waals surface area contributed by atoms with Crippen LogP contribution in [-0.4, -0.2) is 25.6 Å². The van der Waals surface area contributed by atoms with Crippen molar-refractivity contribution in [3.8, 4) is 5.75 Å². The number of esters is 1. The molecule has 0 aliphatic carbocycles. The summed E-state index contributed by atoms with van der Waals surface area (Å²) >= 11 is 0. The molecule has 0 aliphatic heterocycles. The molecule has 132 valence electrons. The Balaban J connectivity index is 1.97. The summed E-state index contributed by atoms with van der Waals surface area (Å²) in [6.45, 7) is 6.20. The van der Waals surface area contributed by atoms with Gasteiger partial charge in [-0.3, -0.25) is 4.79 Å². The molecule has 0 heterocycles. The van der Waals surface area contributed by atoms with E-state index in [1.54, 1.807) is 24.3 Å². The van der Waals surface area contributed by atoms with Gasteiger partial charge in [-0.1, -0.05) is 45.0 Å². The Bertz CT molecular complexity index is 745. The van der Waals surface area contributed by atoms with E-state index in [2.05, 4.69) is 26.1 Å². The average molecular weight is 341 g/mol. The van der Waals surface area contributed by atoms with Gasteiger partial charge in [-0.05, 0) is 35.2 Å². The Kier molecular flexibility index (Phi) is 5.80. The third-order valence-corrected chi connectivity index (χ3v) is 3.69. The van der Waals surface area contributed by atoms with E-state index >= 15 is 0 Å². The minimum atomic E-state index is -0.506. The number of benzene rings is 2.